The van der Waals surface area contributed by atoms with Crippen molar-refractivity contribution in [3.05, 3.63) is 70.3 Å². The summed E-state index contributed by atoms with van der Waals surface area (Å²) in [5.41, 5.74) is 1.35. The number of carboxylic acids is 1. The normalized spacial score (nSPS) is 11.3. The fourth-order valence-electron chi connectivity index (χ4n) is 2.62. The monoisotopic (exact) mass is 366 g/mol. The lowest BCUT2D eigenvalue weighted by molar-refractivity contribution is -0.137. The average Bonchev–Trinajstić information content (AvgIpc) is 2.66. The summed E-state index contributed by atoms with van der Waals surface area (Å²) < 4.78 is 1.42. The summed E-state index contributed by atoms with van der Waals surface area (Å²) in [6.45, 7) is 0.0804. The lowest BCUT2D eigenvalue weighted by atomic mass is 10.2. The number of carbonyl (C=O) groups is 1. The Morgan fingerprint density at radius 3 is 2.58 bits per heavy atom. The lowest BCUT2D eigenvalue weighted by Gasteiger charge is -2.10. The van der Waals surface area contributed by atoms with E-state index in [0.717, 1.165) is 5.56 Å². The van der Waals surface area contributed by atoms with Gasteiger partial charge in [0.25, 0.3) is 5.56 Å². The van der Waals surface area contributed by atoms with Gasteiger partial charge >= 0.3 is 5.97 Å². The van der Waals surface area contributed by atoms with E-state index in [2.05, 4.69) is 4.98 Å². The number of aromatic nitrogens is 2. The molecule has 0 unspecified atom stereocenters. The van der Waals surface area contributed by atoms with Crippen molar-refractivity contribution in [3.63, 3.8) is 0 Å². The van der Waals surface area contributed by atoms with Crippen LogP contribution in [0.2, 0.25) is 0 Å². The molecule has 0 aliphatic heterocycles. The molecule has 5 nitrogen and oxygen atoms in total. The molecule has 0 saturated heterocycles. The van der Waals surface area contributed by atoms with Crippen molar-refractivity contribution in [2.45, 2.75) is 17.9 Å². The summed E-state index contributed by atoms with van der Waals surface area (Å²) in [6.07, 6.45) is 5.51. The largest absolute Gasteiger partial charge is 0.481 e. The van der Waals surface area contributed by atoms with Crippen LogP contribution in [0.1, 0.15) is 17.8 Å². The number of rotatable bonds is 6. The molecule has 0 radical (unpaired) electrons. The van der Waals surface area contributed by atoms with Crippen molar-refractivity contribution in [2.24, 2.45) is 0 Å². The van der Waals surface area contributed by atoms with Crippen LogP contribution in [0.4, 0.5) is 0 Å². The number of carboxylic acid groups (broad SMARTS) is 1. The minimum Gasteiger partial charge on any atom is -0.481 e. The van der Waals surface area contributed by atoms with Gasteiger partial charge in [-0.25, -0.2) is 4.98 Å². The number of hydrogen-bond acceptors (Lipinski definition) is 4. The molecule has 132 valence electrons. The molecule has 0 fully saturated rings. The quantitative estimate of drug-likeness (QED) is 0.673. The van der Waals surface area contributed by atoms with Gasteiger partial charge in [0.15, 0.2) is 0 Å². The van der Waals surface area contributed by atoms with Crippen LogP contribution in [0.15, 0.2) is 58.2 Å². The molecule has 0 aliphatic rings. The third-order valence-electron chi connectivity index (χ3n) is 3.98. The summed E-state index contributed by atoms with van der Waals surface area (Å²) in [4.78, 5) is 29.4. The first-order valence-electron chi connectivity index (χ1n) is 8.12. The van der Waals surface area contributed by atoms with E-state index >= 15 is 0 Å². The molecule has 0 aliphatic carbocycles. The molecule has 6 heteroatoms. The van der Waals surface area contributed by atoms with Crippen molar-refractivity contribution in [1.82, 2.24) is 9.55 Å². The van der Waals surface area contributed by atoms with Gasteiger partial charge in [0, 0.05) is 11.4 Å². The third kappa shape index (κ3) is 4.03. The zero-order valence-corrected chi connectivity index (χ0v) is 15.1. The van der Waals surface area contributed by atoms with Crippen LogP contribution in [0.5, 0.6) is 0 Å². The molecule has 1 heterocycles. The van der Waals surface area contributed by atoms with Crippen LogP contribution in [0, 0.1) is 0 Å². The summed E-state index contributed by atoms with van der Waals surface area (Å²) >= 11 is 1.67. The first-order chi connectivity index (χ1) is 12.6. The van der Waals surface area contributed by atoms with Crippen LogP contribution >= 0.6 is 11.8 Å². The molecule has 2 aromatic carbocycles. The van der Waals surface area contributed by atoms with Gasteiger partial charge in [0.05, 0.1) is 17.3 Å². The first kappa shape index (κ1) is 17.9. The van der Waals surface area contributed by atoms with Crippen molar-refractivity contribution < 1.29 is 9.90 Å². The van der Waals surface area contributed by atoms with Gasteiger partial charge < -0.3 is 5.11 Å². The molecule has 1 N–H and O–H groups in total. The fourth-order valence-corrected chi connectivity index (χ4v) is 3.03. The molecule has 0 spiro atoms. The molecule has 3 aromatic rings. The number of para-hydroxylation sites is 1. The fraction of sp³-hybridized carbons (Fsp3) is 0.150. The van der Waals surface area contributed by atoms with Crippen LogP contribution in [-0.2, 0) is 11.3 Å². The SMILES string of the molecule is CSc1ccc(/C=C/c2nc3ccccc3c(=O)n2CCC(=O)O)cc1. The van der Waals surface area contributed by atoms with Gasteiger partial charge in [0.1, 0.15) is 5.82 Å². The van der Waals surface area contributed by atoms with Crippen molar-refractivity contribution >= 4 is 40.8 Å². The van der Waals surface area contributed by atoms with E-state index in [1.165, 1.54) is 9.46 Å². The molecular weight excluding hydrogens is 348 g/mol. The average molecular weight is 366 g/mol. The van der Waals surface area contributed by atoms with E-state index in [-0.39, 0.29) is 18.5 Å². The van der Waals surface area contributed by atoms with Crippen LogP contribution < -0.4 is 5.56 Å². The number of benzene rings is 2. The molecule has 0 saturated carbocycles. The Labute approximate surface area is 155 Å². The van der Waals surface area contributed by atoms with Crippen LogP contribution in [-0.4, -0.2) is 26.9 Å². The maximum absolute atomic E-state index is 12.8. The summed E-state index contributed by atoms with van der Waals surface area (Å²) in [5, 5.41) is 9.46. The highest BCUT2D eigenvalue weighted by molar-refractivity contribution is 7.98. The van der Waals surface area contributed by atoms with Crippen LogP contribution in [0.3, 0.4) is 0 Å². The Morgan fingerprint density at radius 2 is 1.88 bits per heavy atom. The van der Waals surface area contributed by atoms with E-state index in [9.17, 15) is 9.59 Å². The predicted molar refractivity (Wildman–Crippen MR) is 105 cm³/mol. The Bertz CT molecular complexity index is 1020. The Hall–Kier alpha value is -2.86. The maximum atomic E-state index is 12.8. The second-order valence-electron chi connectivity index (χ2n) is 5.69. The summed E-state index contributed by atoms with van der Waals surface area (Å²) in [6, 6.07) is 15.1. The highest BCUT2D eigenvalue weighted by atomic mass is 32.2. The van der Waals surface area contributed by atoms with Crippen molar-refractivity contribution in [2.75, 3.05) is 6.26 Å². The van der Waals surface area contributed by atoms with Gasteiger partial charge in [-0.2, -0.15) is 0 Å². The highest BCUT2D eigenvalue weighted by Gasteiger charge is 2.10. The highest BCUT2D eigenvalue weighted by Crippen LogP contribution is 2.16. The number of nitrogens with zero attached hydrogens (tertiary/aromatic N) is 2. The Balaban J connectivity index is 2.03. The smallest absolute Gasteiger partial charge is 0.305 e. The van der Waals surface area contributed by atoms with Crippen molar-refractivity contribution in [3.8, 4) is 0 Å². The zero-order chi connectivity index (χ0) is 18.5. The number of aliphatic carboxylic acids is 1. The van der Waals surface area contributed by atoms with Gasteiger partial charge in [-0.15, -0.1) is 11.8 Å². The van der Waals surface area contributed by atoms with Crippen molar-refractivity contribution in [1.29, 1.82) is 0 Å². The van der Waals surface area contributed by atoms with E-state index in [4.69, 9.17) is 5.11 Å². The molecule has 1 aromatic heterocycles. The second kappa shape index (κ2) is 8.01. The molecule has 3 rings (SSSR count). The van der Waals surface area contributed by atoms with Gasteiger partial charge in [-0.3, -0.25) is 14.2 Å². The van der Waals surface area contributed by atoms with E-state index in [0.29, 0.717) is 16.7 Å². The minimum atomic E-state index is -0.951. The lowest BCUT2D eigenvalue weighted by Crippen LogP contribution is -2.25. The third-order valence-corrected chi connectivity index (χ3v) is 4.72. The standard InChI is InChI=1S/C20H18N2O3S/c1-26-15-9-6-14(7-10-15)8-11-18-21-17-5-3-2-4-16(17)20(25)22(18)13-12-19(23)24/h2-11H,12-13H2,1H3,(H,23,24)/b11-8+. The Kier molecular flexibility index (Phi) is 5.53. The molecule has 0 atom stereocenters. The van der Waals surface area contributed by atoms with Gasteiger partial charge in [-0.1, -0.05) is 30.3 Å². The number of thioether (sulfide) groups is 1. The number of fused-ring (bicyclic) bond motifs is 1. The molecule has 26 heavy (non-hydrogen) atoms. The maximum Gasteiger partial charge on any atom is 0.305 e. The second-order valence-corrected chi connectivity index (χ2v) is 6.57. The summed E-state index contributed by atoms with van der Waals surface area (Å²) in [7, 11) is 0. The van der Waals surface area contributed by atoms with E-state index in [1.807, 2.05) is 42.7 Å². The number of hydrogen-bond donors (Lipinski definition) is 1. The minimum absolute atomic E-state index is 0.0804. The van der Waals surface area contributed by atoms with Crippen LogP contribution in [0.25, 0.3) is 23.1 Å². The predicted octanol–water partition coefficient (Wildman–Crippen LogP) is 3.76. The van der Waals surface area contributed by atoms with E-state index in [1.54, 1.807) is 36.0 Å². The van der Waals surface area contributed by atoms with E-state index < -0.39 is 5.97 Å². The topological polar surface area (TPSA) is 72.2 Å². The molecule has 0 bridgehead atoms. The zero-order valence-electron chi connectivity index (χ0n) is 14.3. The molecular formula is C20H18N2O3S. The van der Waals surface area contributed by atoms with Gasteiger partial charge in [0.2, 0.25) is 0 Å². The first-order valence-corrected chi connectivity index (χ1v) is 9.34. The van der Waals surface area contributed by atoms with Gasteiger partial charge in [-0.05, 0) is 42.2 Å². The Morgan fingerprint density at radius 1 is 1.15 bits per heavy atom. The molecule has 0 amide bonds. The summed E-state index contributed by atoms with van der Waals surface area (Å²) in [5.74, 6) is -0.503.